The summed E-state index contributed by atoms with van der Waals surface area (Å²) in [5.41, 5.74) is 6.29. The molecule has 0 fully saturated rings. The Bertz CT molecular complexity index is 1090. The van der Waals surface area contributed by atoms with Gasteiger partial charge in [-0.2, -0.15) is 0 Å². The lowest BCUT2D eigenvalue weighted by molar-refractivity contribution is 0.0882. The molecular formula is C12H12N6O5S. The molecular weight excluding hydrogens is 340 g/mol. The number of rotatable bonds is 4. The summed E-state index contributed by atoms with van der Waals surface area (Å²) >= 11 is 0. The number of hydrogen-bond donors (Lipinski definition) is 2. The van der Waals surface area contributed by atoms with Crippen LogP contribution in [0, 0.1) is 0 Å². The van der Waals surface area contributed by atoms with Gasteiger partial charge in [0, 0.05) is 0 Å². The second-order valence-electron chi connectivity index (χ2n) is 4.97. The number of nitrogen functional groups attached to an aromatic ring is 1. The standard InChI is InChI=1S/C12H12N6O5S/c1-24(21,22)15-9-5-17(16-14-9)6-10(19)18-8-4-2-3-7(13)11(8)23-12(18)20/h2-5,15H,6,13H2,1H3. The monoisotopic (exact) mass is 352 g/mol. The maximum absolute atomic E-state index is 12.4. The first-order valence-electron chi connectivity index (χ1n) is 6.56. The zero-order valence-corrected chi connectivity index (χ0v) is 13.1. The van der Waals surface area contributed by atoms with Crippen molar-refractivity contribution < 1.29 is 17.6 Å². The van der Waals surface area contributed by atoms with Crippen LogP contribution in [0.4, 0.5) is 11.5 Å². The van der Waals surface area contributed by atoms with Crippen LogP contribution in [0.1, 0.15) is 4.79 Å². The van der Waals surface area contributed by atoms with Crippen molar-refractivity contribution in [3.05, 3.63) is 34.9 Å². The molecule has 3 aromatic rings. The summed E-state index contributed by atoms with van der Waals surface area (Å²) in [4.78, 5) is 24.2. The fourth-order valence-electron chi connectivity index (χ4n) is 2.12. The van der Waals surface area contributed by atoms with E-state index in [2.05, 4.69) is 15.0 Å². The third-order valence-electron chi connectivity index (χ3n) is 3.01. The Balaban J connectivity index is 1.90. The molecule has 0 bridgehead atoms. The van der Waals surface area contributed by atoms with Gasteiger partial charge in [-0.3, -0.25) is 9.52 Å². The van der Waals surface area contributed by atoms with Gasteiger partial charge < -0.3 is 10.2 Å². The fourth-order valence-corrected chi connectivity index (χ4v) is 2.59. The van der Waals surface area contributed by atoms with E-state index < -0.39 is 21.7 Å². The van der Waals surface area contributed by atoms with Gasteiger partial charge in [0.15, 0.2) is 11.4 Å². The molecule has 12 heteroatoms. The Kier molecular flexibility index (Phi) is 3.60. The Hall–Kier alpha value is -3.15. The molecule has 126 valence electrons. The highest BCUT2D eigenvalue weighted by molar-refractivity contribution is 7.92. The average molecular weight is 352 g/mol. The normalized spacial score (nSPS) is 11.7. The maximum Gasteiger partial charge on any atom is 0.427 e. The van der Waals surface area contributed by atoms with Crippen LogP contribution in [0.25, 0.3) is 11.1 Å². The van der Waals surface area contributed by atoms with Gasteiger partial charge in [-0.15, -0.1) is 5.10 Å². The van der Waals surface area contributed by atoms with Crippen molar-refractivity contribution in [3.8, 4) is 0 Å². The smallest absolute Gasteiger partial charge is 0.405 e. The third-order valence-corrected chi connectivity index (χ3v) is 3.59. The Morgan fingerprint density at radius 3 is 2.88 bits per heavy atom. The number of carbonyl (C=O) groups excluding carboxylic acids is 1. The highest BCUT2D eigenvalue weighted by Crippen LogP contribution is 2.19. The van der Waals surface area contributed by atoms with Crippen molar-refractivity contribution in [2.24, 2.45) is 0 Å². The number of aromatic nitrogens is 4. The molecule has 0 radical (unpaired) electrons. The topological polar surface area (TPSA) is 155 Å². The number of nitrogens with zero attached hydrogens (tertiary/aromatic N) is 4. The van der Waals surface area contributed by atoms with E-state index in [-0.39, 0.29) is 29.1 Å². The van der Waals surface area contributed by atoms with Crippen LogP contribution < -0.4 is 16.2 Å². The number of benzene rings is 1. The largest absolute Gasteiger partial charge is 0.427 e. The van der Waals surface area contributed by atoms with E-state index in [1.54, 1.807) is 12.1 Å². The van der Waals surface area contributed by atoms with Gasteiger partial charge in [-0.25, -0.2) is 22.5 Å². The second kappa shape index (κ2) is 5.49. The number of sulfonamides is 1. The summed E-state index contributed by atoms with van der Waals surface area (Å²) in [6, 6.07) is 4.65. The van der Waals surface area contributed by atoms with Crippen molar-refractivity contribution >= 4 is 38.5 Å². The molecule has 0 aliphatic heterocycles. The zero-order chi connectivity index (χ0) is 17.5. The minimum atomic E-state index is -3.51. The van der Waals surface area contributed by atoms with Gasteiger partial charge in [-0.05, 0) is 12.1 Å². The Morgan fingerprint density at radius 2 is 2.17 bits per heavy atom. The van der Waals surface area contributed by atoms with Crippen LogP contribution >= 0.6 is 0 Å². The average Bonchev–Trinajstić information content (AvgIpc) is 3.01. The molecule has 1 aromatic carbocycles. The first-order chi connectivity index (χ1) is 11.2. The number of nitrogens with one attached hydrogen (secondary N) is 1. The molecule has 0 atom stereocenters. The number of hydrogen-bond acceptors (Lipinski definition) is 8. The molecule has 0 amide bonds. The van der Waals surface area contributed by atoms with Crippen LogP contribution in [-0.2, 0) is 16.6 Å². The van der Waals surface area contributed by atoms with Crippen LogP contribution in [0.15, 0.2) is 33.6 Å². The lowest BCUT2D eigenvalue weighted by Gasteiger charge is -2.01. The molecule has 0 unspecified atom stereocenters. The maximum atomic E-state index is 12.4. The number of nitrogens with two attached hydrogens (primary N) is 1. The zero-order valence-electron chi connectivity index (χ0n) is 12.3. The lowest BCUT2D eigenvalue weighted by atomic mass is 10.3. The van der Waals surface area contributed by atoms with Gasteiger partial charge in [0.05, 0.1) is 18.1 Å². The van der Waals surface area contributed by atoms with E-state index in [1.807, 2.05) is 0 Å². The summed E-state index contributed by atoms with van der Waals surface area (Å²) in [7, 11) is -3.51. The van der Waals surface area contributed by atoms with Crippen molar-refractivity contribution in [2.45, 2.75) is 6.54 Å². The fraction of sp³-hybridized carbons (Fsp3) is 0.167. The minimum Gasteiger partial charge on any atom is -0.405 e. The molecule has 11 nitrogen and oxygen atoms in total. The van der Waals surface area contributed by atoms with E-state index in [0.717, 1.165) is 15.5 Å². The Morgan fingerprint density at radius 1 is 1.42 bits per heavy atom. The number of para-hydroxylation sites is 1. The molecule has 0 aliphatic carbocycles. The molecule has 24 heavy (non-hydrogen) atoms. The molecule has 0 saturated heterocycles. The van der Waals surface area contributed by atoms with Crippen LogP contribution in [0.2, 0.25) is 0 Å². The summed E-state index contributed by atoms with van der Waals surface area (Å²) in [6.45, 7) is -0.345. The van der Waals surface area contributed by atoms with E-state index in [0.29, 0.717) is 0 Å². The molecule has 0 spiro atoms. The molecule has 0 saturated carbocycles. The number of fused-ring (bicyclic) bond motifs is 1. The summed E-state index contributed by atoms with van der Waals surface area (Å²) < 4.78 is 31.3. The SMILES string of the molecule is CS(=O)(=O)Nc1cn(CC(=O)n2c(=O)oc3c(N)cccc32)nn1. The molecule has 0 aliphatic rings. The van der Waals surface area contributed by atoms with Crippen LogP contribution in [0.5, 0.6) is 0 Å². The van der Waals surface area contributed by atoms with Gasteiger partial charge in [0.25, 0.3) is 5.91 Å². The molecule has 2 aromatic heterocycles. The number of oxazole rings is 1. The van der Waals surface area contributed by atoms with Crippen molar-refractivity contribution in [1.82, 2.24) is 19.6 Å². The summed E-state index contributed by atoms with van der Waals surface area (Å²) in [6.07, 6.45) is 2.18. The van der Waals surface area contributed by atoms with Gasteiger partial charge in [0.1, 0.15) is 12.1 Å². The van der Waals surface area contributed by atoms with E-state index >= 15 is 0 Å². The lowest BCUT2D eigenvalue weighted by Crippen LogP contribution is -2.26. The van der Waals surface area contributed by atoms with Crippen molar-refractivity contribution in [1.29, 1.82) is 0 Å². The highest BCUT2D eigenvalue weighted by atomic mass is 32.2. The van der Waals surface area contributed by atoms with Gasteiger partial charge in [-0.1, -0.05) is 11.3 Å². The third kappa shape index (κ3) is 2.99. The highest BCUT2D eigenvalue weighted by Gasteiger charge is 2.18. The number of carbonyl (C=O) groups is 1. The van der Waals surface area contributed by atoms with Crippen LogP contribution in [0.3, 0.4) is 0 Å². The summed E-state index contributed by atoms with van der Waals surface area (Å²) in [5.74, 6) is -1.55. The molecule has 2 heterocycles. The predicted molar refractivity (Wildman–Crippen MR) is 84.0 cm³/mol. The number of anilines is 2. The van der Waals surface area contributed by atoms with E-state index in [9.17, 15) is 18.0 Å². The van der Waals surface area contributed by atoms with E-state index in [4.69, 9.17) is 10.2 Å². The first-order valence-corrected chi connectivity index (χ1v) is 8.45. The quantitative estimate of drug-likeness (QED) is 0.594. The second-order valence-corrected chi connectivity index (χ2v) is 6.72. The predicted octanol–water partition coefficient (Wildman–Crippen LogP) is -0.520. The minimum absolute atomic E-state index is 0.0426. The van der Waals surface area contributed by atoms with Crippen molar-refractivity contribution in [3.63, 3.8) is 0 Å². The van der Waals surface area contributed by atoms with Crippen LogP contribution in [-0.4, -0.2) is 40.1 Å². The molecule has 3 rings (SSSR count). The van der Waals surface area contributed by atoms with Crippen molar-refractivity contribution in [2.75, 3.05) is 16.7 Å². The van der Waals surface area contributed by atoms with Gasteiger partial charge >= 0.3 is 5.76 Å². The molecule has 3 N–H and O–H groups in total. The Labute approximate surface area is 134 Å². The van der Waals surface area contributed by atoms with Gasteiger partial charge in [0.2, 0.25) is 10.0 Å². The van der Waals surface area contributed by atoms with E-state index in [1.165, 1.54) is 12.3 Å². The summed E-state index contributed by atoms with van der Waals surface area (Å²) in [5, 5.41) is 7.20. The first kappa shape index (κ1) is 15.7.